The number of amides is 1. The lowest BCUT2D eigenvalue weighted by atomic mass is 10.2. The van der Waals surface area contributed by atoms with Crippen molar-refractivity contribution >= 4 is 27.9 Å². The number of nitrogens with zero attached hydrogens (tertiary/aromatic N) is 3. The summed E-state index contributed by atoms with van der Waals surface area (Å²) >= 11 is 3.36. The van der Waals surface area contributed by atoms with Gasteiger partial charge in [-0.15, -0.1) is 5.10 Å². The standard InChI is InChI=1S/C8H10BrN3O2/c1-5-10-11-8(14-5)12-4-6(3-9)2-7(12)13/h6H,2-4H2,1H3. The van der Waals surface area contributed by atoms with E-state index in [4.69, 9.17) is 4.42 Å². The molecular formula is C8H10BrN3O2. The van der Waals surface area contributed by atoms with Gasteiger partial charge in [0.25, 0.3) is 0 Å². The first-order chi connectivity index (χ1) is 6.70. The average Bonchev–Trinajstić information content (AvgIpc) is 2.71. The summed E-state index contributed by atoms with van der Waals surface area (Å²) in [5.74, 6) is 0.878. The molecule has 0 radical (unpaired) electrons. The highest BCUT2D eigenvalue weighted by Crippen LogP contribution is 2.24. The molecular weight excluding hydrogens is 250 g/mol. The zero-order chi connectivity index (χ0) is 10.1. The van der Waals surface area contributed by atoms with Crippen LogP contribution in [0, 0.1) is 12.8 Å². The van der Waals surface area contributed by atoms with E-state index in [1.807, 2.05) is 0 Å². The van der Waals surface area contributed by atoms with Gasteiger partial charge in [0.1, 0.15) is 0 Å². The zero-order valence-electron chi connectivity index (χ0n) is 7.73. The summed E-state index contributed by atoms with van der Waals surface area (Å²) in [7, 11) is 0. The highest BCUT2D eigenvalue weighted by atomic mass is 79.9. The number of aryl methyl sites for hydroxylation is 1. The van der Waals surface area contributed by atoms with Crippen molar-refractivity contribution < 1.29 is 9.21 Å². The first kappa shape index (κ1) is 9.64. The minimum Gasteiger partial charge on any atom is -0.408 e. The molecule has 5 nitrogen and oxygen atoms in total. The van der Waals surface area contributed by atoms with E-state index < -0.39 is 0 Å². The topological polar surface area (TPSA) is 59.2 Å². The van der Waals surface area contributed by atoms with Gasteiger partial charge in [0.2, 0.25) is 11.8 Å². The van der Waals surface area contributed by atoms with Gasteiger partial charge in [-0.25, -0.2) is 0 Å². The maximum atomic E-state index is 11.5. The average molecular weight is 260 g/mol. The van der Waals surface area contributed by atoms with Crippen LogP contribution < -0.4 is 4.90 Å². The van der Waals surface area contributed by atoms with E-state index in [0.29, 0.717) is 30.8 Å². The van der Waals surface area contributed by atoms with E-state index in [9.17, 15) is 4.79 Å². The van der Waals surface area contributed by atoms with Gasteiger partial charge in [-0.05, 0) is 5.92 Å². The highest BCUT2D eigenvalue weighted by Gasteiger charge is 2.32. The molecule has 0 aromatic carbocycles. The predicted octanol–water partition coefficient (Wildman–Crippen LogP) is 1.13. The Morgan fingerprint density at radius 2 is 2.43 bits per heavy atom. The Labute approximate surface area is 89.6 Å². The molecule has 1 amide bonds. The number of carbonyl (C=O) groups is 1. The van der Waals surface area contributed by atoms with Crippen molar-refractivity contribution in [3.8, 4) is 0 Å². The molecule has 1 aromatic rings. The second-order valence-corrected chi connectivity index (χ2v) is 3.98. The molecule has 2 rings (SSSR count). The Kier molecular flexibility index (Phi) is 2.54. The molecule has 0 N–H and O–H groups in total. The lowest BCUT2D eigenvalue weighted by Crippen LogP contribution is -2.24. The highest BCUT2D eigenvalue weighted by molar-refractivity contribution is 9.09. The van der Waals surface area contributed by atoms with Crippen molar-refractivity contribution in [1.29, 1.82) is 0 Å². The van der Waals surface area contributed by atoms with E-state index >= 15 is 0 Å². The lowest BCUT2D eigenvalue weighted by molar-refractivity contribution is -0.117. The number of alkyl halides is 1. The van der Waals surface area contributed by atoms with E-state index in [1.165, 1.54) is 0 Å². The number of aromatic nitrogens is 2. The molecule has 1 saturated heterocycles. The number of hydrogen-bond acceptors (Lipinski definition) is 4. The second kappa shape index (κ2) is 3.68. The molecule has 1 aliphatic heterocycles. The van der Waals surface area contributed by atoms with Crippen LogP contribution in [-0.2, 0) is 4.79 Å². The fraction of sp³-hybridized carbons (Fsp3) is 0.625. The van der Waals surface area contributed by atoms with Crippen molar-refractivity contribution in [3.05, 3.63) is 5.89 Å². The summed E-state index contributed by atoms with van der Waals surface area (Å²) in [5, 5.41) is 8.34. The van der Waals surface area contributed by atoms with Crippen LogP contribution >= 0.6 is 15.9 Å². The zero-order valence-corrected chi connectivity index (χ0v) is 9.32. The predicted molar refractivity (Wildman–Crippen MR) is 53.3 cm³/mol. The minimum absolute atomic E-state index is 0.0538. The maximum absolute atomic E-state index is 11.5. The molecule has 0 aliphatic carbocycles. The molecule has 76 valence electrons. The molecule has 0 spiro atoms. The van der Waals surface area contributed by atoms with Crippen LogP contribution in [0.5, 0.6) is 0 Å². The summed E-state index contributed by atoms with van der Waals surface area (Å²) in [6.07, 6.45) is 0.548. The molecule has 1 fully saturated rings. The van der Waals surface area contributed by atoms with E-state index in [0.717, 1.165) is 5.33 Å². The van der Waals surface area contributed by atoms with Gasteiger partial charge in [-0.2, -0.15) is 0 Å². The third kappa shape index (κ3) is 1.66. The summed E-state index contributed by atoms with van der Waals surface area (Å²) in [6.45, 7) is 2.37. The SMILES string of the molecule is Cc1nnc(N2CC(CBr)CC2=O)o1. The van der Waals surface area contributed by atoms with Crippen LogP contribution in [0.15, 0.2) is 4.42 Å². The Bertz CT molecular complexity index is 352. The van der Waals surface area contributed by atoms with E-state index in [1.54, 1.807) is 11.8 Å². The van der Waals surface area contributed by atoms with Crippen LogP contribution in [0.1, 0.15) is 12.3 Å². The van der Waals surface area contributed by atoms with Crippen LogP contribution in [0.2, 0.25) is 0 Å². The number of carbonyl (C=O) groups excluding carboxylic acids is 1. The van der Waals surface area contributed by atoms with Gasteiger partial charge < -0.3 is 4.42 Å². The Morgan fingerprint density at radius 1 is 1.64 bits per heavy atom. The Hall–Kier alpha value is -0.910. The molecule has 0 bridgehead atoms. The third-order valence-electron chi connectivity index (χ3n) is 2.17. The molecule has 2 heterocycles. The van der Waals surface area contributed by atoms with Gasteiger partial charge in [-0.3, -0.25) is 9.69 Å². The fourth-order valence-electron chi connectivity index (χ4n) is 1.47. The van der Waals surface area contributed by atoms with Crippen molar-refractivity contribution in [2.75, 3.05) is 16.8 Å². The normalized spacial score (nSPS) is 22.0. The fourth-order valence-corrected chi connectivity index (χ4v) is 1.90. The number of rotatable bonds is 2. The van der Waals surface area contributed by atoms with Crippen molar-refractivity contribution in [1.82, 2.24) is 10.2 Å². The molecule has 1 aliphatic rings. The summed E-state index contributed by atoms with van der Waals surface area (Å²) < 4.78 is 5.20. The number of hydrogen-bond donors (Lipinski definition) is 0. The molecule has 1 aromatic heterocycles. The lowest BCUT2D eigenvalue weighted by Gasteiger charge is -2.09. The van der Waals surface area contributed by atoms with Gasteiger partial charge in [0.05, 0.1) is 0 Å². The molecule has 1 atom stereocenters. The van der Waals surface area contributed by atoms with Gasteiger partial charge in [0.15, 0.2) is 0 Å². The smallest absolute Gasteiger partial charge is 0.324 e. The third-order valence-corrected chi connectivity index (χ3v) is 3.09. The molecule has 0 saturated carbocycles. The van der Waals surface area contributed by atoms with Gasteiger partial charge >= 0.3 is 6.01 Å². The van der Waals surface area contributed by atoms with E-state index in [2.05, 4.69) is 26.1 Å². The van der Waals surface area contributed by atoms with Crippen molar-refractivity contribution in [2.24, 2.45) is 5.92 Å². The minimum atomic E-state index is 0.0538. The summed E-state index contributed by atoms with van der Waals surface area (Å²) in [4.78, 5) is 13.1. The van der Waals surface area contributed by atoms with Crippen molar-refractivity contribution in [3.63, 3.8) is 0 Å². The van der Waals surface area contributed by atoms with Crippen LogP contribution in [0.4, 0.5) is 6.01 Å². The molecule has 1 unspecified atom stereocenters. The largest absolute Gasteiger partial charge is 0.408 e. The summed E-state index contributed by atoms with van der Waals surface area (Å²) in [6, 6.07) is 0.316. The second-order valence-electron chi connectivity index (χ2n) is 3.33. The first-order valence-corrected chi connectivity index (χ1v) is 5.49. The van der Waals surface area contributed by atoms with Crippen LogP contribution in [-0.4, -0.2) is 28.0 Å². The quantitative estimate of drug-likeness (QED) is 0.748. The van der Waals surface area contributed by atoms with Crippen LogP contribution in [0.25, 0.3) is 0 Å². The van der Waals surface area contributed by atoms with Gasteiger partial charge in [-0.1, -0.05) is 21.0 Å². The molecule has 6 heteroatoms. The number of anilines is 1. The number of halogens is 1. The Morgan fingerprint density at radius 3 is 2.93 bits per heavy atom. The summed E-state index contributed by atoms with van der Waals surface area (Å²) in [5.41, 5.74) is 0. The first-order valence-electron chi connectivity index (χ1n) is 4.37. The van der Waals surface area contributed by atoms with Crippen molar-refractivity contribution in [2.45, 2.75) is 13.3 Å². The molecule has 14 heavy (non-hydrogen) atoms. The van der Waals surface area contributed by atoms with E-state index in [-0.39, 0.29) is 5.91 Å². The van der Waals surface area contributed by atoms with Crippen LogP contribution in [0.3, 0.4) is 0 Å². The Balaban J connectivity index is 2.16. The maximum Gasteiger partial charge on any atom is 0.324 e. The van der Waals surface area contributed by atoms with Gasteiger partial charge in [0, 0.05) is 25.2 Å². The monoisotopic (exact) mass is 259 g/mol.